The van der Waals surface area contributed by atoms with Gasteiger partial charge in [0.05, 0.1) is 10.7 Å². The van der Waals surface area contributed by atoms with Gasteiger partial charge in [-0.3, -0.25) is 9.36 Å². The van der Waals surface area contributed by atoms with Crippen LogP contribution in [0.1, 0.15) is 10.5 Å². The largest absolute Gasteiger partial charge is 0.296 e. The zero-order valence-electron chi connectivity index (χ0n) is 7.52. The molecule has 0 amide bonds. The number of rotatable bonds is 2. The van der Waals surface area contributed by atoms with Gasteiger partial charge in [0.25, 0.3) is 0 Å². The summed E-state index contributed by atoms with van der Waals surface area (Å²) >= 11 is 9.28. The molecule has 5 heteroatoms. The van der Waals surface area contributed by atoms with E-state index >= 15 is 0 Å². The third kappa shape index (κ3) is 1.96. The van der Waals surface area contributed by atoms with Crippen molar-refractivity contribution in [1.82, 2.24) is 9.55 Å². The fourth-order valence-electron chi connectivity index (χ4n) is 1.27. The van der Waals surface area contributed by atoms with Gasteiger partial charge in [-0.2, -0.15) is 0 Å². The lowest BCUT2D eigenvalue weighted by Gasteiger charge is -2.05. The minimum atomic E-state index is 0.502. The summed E-state index contributed by atoms with van der Waals surface area (Å²) in [6.07, 6.45) is 4.14. The minimum Gasteiger partial charge on any atom is -0.296 e. The van der Waals surface area contributed by atoms with Crippen molar-refractivity contribution in [3.8, 4) is 5.82 Å². The molecule has 0 bridgehead atoms. The maximum Gasteiger partial charge on any atom is 0.166 e. The van der Waals surface area contributed by atoms with Gasteiger partial charge in [-0.15, -0.1) is 0 Å². The fourth-order valence-corrected chi connectivity index (χ4v) is 1.93. The Bertz CT molecular complexity index is 510. The predicted octanol–water partition coefficient (Wildman–Crippen LogP) is 3.10. The average molecular weight is 286 g/mol. The lowest BCUT2D eigenvalue weighted by Crippen LogP contribution is -2.00. The van der Waals surface area contributed by atoms with E-state index < -0.39 is 0 Å². The Morgan fingerprint density at radius 2 is 2.33 bits per heavy atom. The van der Waals surface area contributed by atoms with Crippen LogP contribution in [-0.2, 0) is 0 Å². The summed E-state index contributed by atoms with van der Waals surface area (Å²) in [6, 6.07) is 5.18. The number of pyridine rings is 1. The number of aldehydes is 1. The van der Waals surface area contributed by atoms with E-state index in [4.69, 9.17) is 11.6 Å². The normalized spacial score (nSPS) is 10.3. The van der Waals surface area contributed by atoms with Crippen molar-refractivity contribution >= 4 is 33.8 Å². The summed E-state index contributed by atoms with van der Waals surface area (Å²) in [6.45, 7) is 0. The van der Waals surface area contributed by atoms with Crippen molar-refractivity contribution < 1.29 is 4.79 Å². The fraction of sp³-hybridized carbons (Fsp3) is 0. The van der Waals surface area contributed by atoms with Crippen LogP contribution >= 0.6 is 27.5 Å². The average Bonchev–Trinajstić information content (AvgIpc) is 2.60. The quantitative estimate of drug-likeness (QED) is 0.795. The Morgan fingerprint density at radius 3 is 3.00 bits per heavy atom. The van der Waals surface area contributed by atoms with Gasteiger partial charge >= 0.3 is 0 Å². The summed E-state index contributed by atoms with van der Waals surface area (Å²) in [4.78, 5) is 14.9. The molecule has 0 saturated heterocycles. The first-order chi connectivity index (χ1) is 7.22. The maximum absolute atomic E-state index is 10.8. The van der Waals surface area contributed by atoms with Crippen LogP contribution in [0.3, 0.4) is 0 Å². The smallest absolute Gasteiger partial charge is 0.166 e. The van der Waals surface area contributed by atoms with Gasteiger partial charge in [0, 0.05) is 16.9 Å². The van der Waals surface area contributed by atoms with E-state index in [1.54, 1.807) is 35.2 Å². The number of hydrogen-bond donors (Lipinski definition) is 0. The molecule has 0 unspecified atom stereocenters. The first-order valence-electron chi connectivity index (χ1n) is 4.16. The Labute approximate surface area is 99.8 Å². The molecule has 76 valence electrons. The number of aromatic nitrogens is 2. The molecule has 0 aliphatic rings. The highest BCUT2D eigenvalue weighted by molar-refractivity contribution is 9.10. The molecule has 2 aromatic rings. The summed E-state index contributed by atoms with van der Waals surface area (Å²) in [5.74, 6) is 0.548. The highest BCUT2D eigenvalue weighted by Crippen LogP contribution is 2.22. The SMILES string of the molecule is O=Cc1cc(Br)cn1-c1ncccc1Cl. The highest BCUT2D eigenvalue weighted by Gasteiger charge is 2.09. The van der Waals surface area contributed by atoms with Crippen molar-refractivity contribution in [1.29, 1.82) is 0 Å². The molecule has 0 aliphatic heterocycles. The Kier molecular flexibility index (Phi) is 2.88. The summed E-state index contributed by atoms with van der Waals surface area (Å²) in [5, 5.41) is 0.503. The molecule has 3 nitrogen and oxygen atoms in total. The second kappa shape index (κ2) is 4.16. The van der Waals surface area contributed by atoms with E-state index in [2.05, 4.69) is 20.9 Å². The number of nitrogens with zero attached hydrogens (tertiary/aromatic N) is 2. The Hall–Kier alpha value is -1.13. The number of carbonyl (C=O) groups excluding carboxylic acids is 1. The zero-order chi connectivity index (χ0) is 10.8. The lowest BCUT2D eigenvalue weighted by atomic mass is 10.4. The van der Waals surface area contributed by atoms with E-state index in [1.807, 2.05) is 0 Å². The molecule has 2 rings (SSSR count). The van der Waals surface area contributed by atoms with E-state index in [0.29, 0.717) is 16.5 Å². The molecule has 0 saturated carbocycles. The van der Waals surface area contributed by atoms with Crippen LogP contribution in [0.25, 0.3) is 5.82 Å². The van der Waals surface area contributed by atoms with Crippen LogP contribution in [0, 0.1) is 0 Å². The van der Waals surface area contributed by atoms with Gasteiger partial charge in [-0.1, -0.05) is 11.6 Å². The van der Waals surface area contributed by atoms with Crippen LogP contribution in [-0.4, -0.2) is 15.8 Å². The Morgan fingerprint density at radius 1 is 1.53 bits per heavy atom. The molecule has 0 atom stereocenters. The zero-order valence-corrected chi connectivity index (χ0v) is 9.86. The van der Waals surface area contributed by atoms with E-state index in [9.17, 15) is 4.79 Å². The van der Waals surface area contributed by atoms with Crippen LogP contribution in [0.15, 0.2) is 35.1 Å². The molecule has 0 N–H and O–H groups in total. The standard InChI is InChI=1S/C10H6BrClN2O/c11-7-4-8(6-15)14(5-7)10-9(12)2-1-3-13-10/h1-6H. The van der Waals surface area contributed by atoms with Gasteiger partial charge in [-0.05, 0) is 34.1 Å². The molecule has 0 aliphatic carbocycles. The number of hydrogen-bond acceptors (Lipinski definition) is 2. The van der Waals surface area contributed by atoms with Crippen LogP contribution in [0.5, 0.6) is 0 Å². The van der Waals surface area contributed by atoms with Gasteiger partial charge < -0.3 is 0 Å². The topological polar surface area (TPSA) is 34.9 Å². The molecular formula is C10H6BrClN2O. The summed E-state index contributed by atoms with van der Waals surface area (Å²) in [5.41, 5.74) is 0.502. The predicted molar refractivity (Wildman–Crippen MR) is 61.7 cm³/mol. The molecule has 0 spiro atoms. The van der Waals surface area contributed by atoms with Crippen LogP contribution in [0.4, 0.5) is 0 Å². The first-order valence-corrected chi connectivity index (χ1v) is 5.33. The van der Waals surface area contributed by atoms with Gasteiger partial charge in [0.15, 0.2) is 12.1 Å². The maximum atomic E-state index is 10.8. The molecule has 0 fully saturated rings. The van der Waals surface area contributed by atoms with Crippen molar-refractivity contribution in [2.45, 2.75) is 0 Å². The highest BCUT2D eigenvalue weighted by atomic mass is 79.9. The monoisotopic (exact) mass is 284 g/mol. The summed E-state index contributed by atoms with van der Waals surface area (Å²) in [7, 11) is 0. The van der Waals surface area contributed by atoms with E-state index in [-0.39, 0.29) is 0 Å². The molecule has 0 radical (unpaired) electrons. The first kappa shape index (κ1) is 10.4. The minimum absolute atomic E-state index is 0.502. The van der Waals surface area contributed by atoms with Gasteiger partial charge in [0.1, 0.15) is 0 Å². The second-order valence-corrected chi connectivity index (χ2v) is 4.20. The van der Waals surface area contributed by atoms with E-state index in [0.717, 1.165) is 10.8 Å². The van der Waals surface area contributed by atoms with Gasteiger partial charge in [-0.25, -0.2) is 4.98 Å². The summed E-state index contributed by atoms with van der Waals surface area (Å²) < 4.78 is 2.45. The van der Waals surface area contributed by atoms with Crippen molar-refractivity contribution in [2.24, 2.45) is 0 Å². The molecule has 2 heterocycles. The molecule has 15 heavy (non-hydrogen) atoms. The molecule has 2 aromatic heterocycles. The third-order valence-electron chi connectivity index (χ3n) is 1.90. The third-order valence-corrected chi connectivity index (χ3v) is 2.63. The molecule has 0 aromatic carbocycles. The van der Waals surface area contributed by atoms with Crippen molar-refractivity contribution in [2.75, 3.05) is 0 Å². The van der Waals surface area contributed by atoms with Crippen molar-refractivity contribution in [3.63, 3.8) is 0 Å². The number of halogens is 2. The van der Waals surface area contributed by atoms with Crippen LogP contribution < -0.4 is 0 Å². The lowest BCUT2D eigenvalue weighted by molar-refractivity contribution is 0.111. The second-order valence-electron chi connectivity index (χ2n) is 2.88. The van der Waals surface area contributed by atoms with Gasteiger partial charge in [0.2, 0.25) is 0 Å². The number of carbonyl (C=O) groups is 1. The Balaban J connectivity index is 2.63. The molecular weight excluding hydrogens is 279 g/mol. The van der Waals surface area contributed by atoms with Crippen LogP contribution in [0.2, 0.25) is 5.02 Å². The van der Waals surface area contributed by atoms with Crippen molar-refractivity contribution in [3.05, 3.63) is 45.8 Å². The van der Waals surface area contributed by atoms with E-state index in [1.165, 1.54) is 0 Å².